The first-order valence-corrected chi connectivity index (χ1v) is 10.6. The minimum Gasteiger partial charge on any atom is -0.357 e. The number of hydrogen-bond donors (Lipinski definition) is 2. The predicted octanol–water partition coefficient (Wildman–Crippen LogP) is 3.77. The van der Waals surface area contributed by atoms with E-state index >= 15 is 0 Å². The number of benzene rings is 2. The zero-order chi connectivity index (χ0) is 22.1. The van der Waals surface area contributed by atoms with Gasteiger partial charge < -0.3 is 15.5 Å². The molecular formula is C25H36N4O. The summed E-state index contributed by atoms with van der Waals surface area (Å²) in [5, 5.41) is 6.75. The summed E-state index contributed by atoms with van der Waals surface area (Å²) in [6, 6.07) is 16.3. The molecule has 2 N–H and O–H groups in total. The Kier molecular flexibility index (Phi) is 8.46. The van der Waals surface area contributed by atoms with Crippen LogP contribution in [0.4, 0.5) is 0 Å². The number of hydrogen-bond acceptors (Lipinski definition) is 2. The molecule has 0 fully saturated rings. The third-order valence-corrected chi connectivity index (χ3v) is 5.14. The Morgan fingerprint density at radius 1 is 1.07 bits per heavy atom. The van der Waals surface area contributed by atoms with Crippen LogP contribution < -0.4 is 10.6 Å². The van der Waals surface area contributed by atoms with Crippen molar-refractivity contribution >= 4 is 11.9 Å². The van der Waals surface area contributed by atoms with Gasteiger partial charge in [0.05, 0.1) is 6.54 Å². The highest BCUT2D eigenvalue weighted by molar-refractivity contribution is 5.94. The minimum atomic E-state index is -0.0471. The zero-order valence-corrected chi connectivity index (χ0v) is 19.2. The number of nitrogens with one attached hydrogen (secondary N) is 2. The number of aryl methyl sites for hydroxylation is 1. The molecule has 0 aliphatic rings. The largest absolute Gasteiger partial charge is 0.357 e. The van der Waals surface area contributed by atoms with E-state index in [0.29, 0.717) is 6.54 Å². The van der Waals surface area contributed by atoms with Crippen LogP contribution in [-0.4, -0.2) is 50.5 Å². The van der Waals surface area contributed by atoms with Crippen molar-refractivity contribution in [1.29, 1.82) is 0 Å². The first-order valence-electron chi connectivity index (χ1n) is 10.6. The van der Waals surface area contributed by atoms with E-state index in [1.165, 1.54) is 11.1 Å². The number of carbonyl (C=O) groups excluding carboxylic acids is 1. The molecule has 0 spiro atoms. The van der Waals surface area contributed by atoms with Gasteiger partial charge in [-0.3, -0.25) is 9.79 Å². The Morgan fingerprint density at radius 2 is 1.80 bits per heavy atom. The van der Waals surface area contributed by atoms with E-state index in [4.69, 9.17) is 4.99 Å². The number of guanidine groups is 1. The summed E-state index contributed by atoms with van der Waals surface area (Å²) < 4.78 is 0. The number of carbonyl (C=O) groups is 1. The maximum absolute atomic E-state index is 12.2. The van der Waals surface area contributed by atoms with E-state index in [9.17, 15) is 4.79 Å². The molecule has 0 radical (unpaired) electrons. The molecule has 0 atom stereocenters. The van der Waals surface area contributed by atoms with E-state index in [1.807, 2.05) is 18.2 Å². The zero-order valence-electron chi connectivity index (χ0n) is 19.2. The van der Waals surface area contributed by atoms with Gasteiger partial charge in [0.25, 0.3) is 5.91 Å². The number of aliphatic imine (C=N–C) groups is 1. The highest BCUT2D eigenvalue weighted by Gasteiger charge is 2.22. The van der Waals surface area contributed by atoms with Gasteiger partial charge >= 0.3 is 0 Å². The van der Waals surface area contributed by atoms with Crippen molar-refractivity contribution in [2.75, 3.05) is 33.7 Å². The Balaban J connectivity index is 2.00. The molecule has 0 unspecified atom stereocenters. The Bertz CT molecular complexity index is 871. The summed E-state index contributed by atoms with van der Waals surface area (Å²) in [4.78, 5) is 18.6. The SMILES string of the molecule is CCNC(=NCC(C)(C)c1ccccc1C)NCCc1cccc(C(=O)N(C)C)c1. The number of rotatable bonds is 8. The highest BCUT2D eigenvalue weighted by Crippen LogP contribution is 2.26. The molecule has 5 nitrogen and oxygen atoms in total. The topological polar surface area (TPSA) is 56.7 Å². The fourth-order valence-corrected chi connectivity index (χ4v) is 3.48. The Labute approximate surface area is 181 Å². The van der Waals surface area contributed by atoms with Gasteiger partial charge in [-0.2, -0.15) is 0 Å². The first-order chi connectivity index (χ1) is 14.2. The fraction of sp³-hybridized carbons (Fsp3) is 0.440. The average molecular weight is 409 g/mol. The lowest BCUT2D eigenvalue weighted by atomic mass is 9.82. The number of nitrogens with zero attached hydrogens (tertiary/aromatic N) is 2. The van der Waals surface area contributed by atoms with Crippen LogP contribution in [0.3, 0.4) is 0 Å². The lowest BCUT2D eigenvalue weighted by Gasteiger charge is -2.25. The van der Waals surface area contributed by atoms with Crippen LogP contribution in [-0.2, 0) is 11.8 Å². The van der Waals surface area contributed by atoms with Gasteiger partial charge in [-0.25, -0.2) is 0 Å². The molecule has 0 bridgehead atoms. The van der Waals surface area contributed by atoms with E-state index in [-0.39, 0.29) is 11.3 Å². The van der Waals surface area contributed by atoms with Crippen molar-refractivity contribution in [3.63, 3.8) is 0 Å². The maximum atomic E-state index is 12.2. The minimum absolute atomic E-state index is 0.0261. The van der Waals surface area contributed by atoms with Crippen molar-refractivity contribution in [3.05, 3.63) is 70.8 Å². The first kappa shape index (κ1) is 23.5. The molecule has 0 aliphatic carbocycles. The van der Waals surface area contributed by atoms with Crippen molar-refractivity contribution < 1.29 is 4.79 Å². The summed E-state index contributed by atoms with van der Waals surface area (Å²) in [5.41, 5.74) is 4.42. The van der Waals surface area contributed by atoms with Crippen molar-refractivity contribution in [3.8, 4) is 0 Å². The molecule has 30 heavy (non-hydrogen) atoms. The standard InChI is InChI=1S/C25H36N4O/c1-7-26-24(28-18-25(3,4)22-14-9-8-11-19(22)2)27-16-15-20-12-10-13-21(17-20)23(30)29(5)6/h8-14,17H,7,15-16,18H2,1-6H3,(H2,26,27,28). The molecule has 0 heterocycles. The number of amides is 1. The lowest BCUT2D eigenvalue weighted by Crippen LogP contribution is -2.39. The molecule has 0 aliphatic heterocycles. The maximum Gasteiger partial charge on any atom is 0.253 e. The molecule has 2 rings (SSSR count). The van der Waals surface area contributed by atoms with Crippen LogP contribution in [0, 0.1) is 6.92 Å². The van der Waals surface area contributed by atoms with Crippen LogP contribution in [0.25, 0.3) is 0 Å². The molecular weight excluding hydrogens is 372 g/mol. The summed E-state index contributed by atoms with van der Waals surface area (Å²) in [7, 11) is 3.54. The molecule has 0 saturated carbocycles. The van der Waals surface area contributed by atoms with Crippen LogP contribution >= 0.6 is 0 Å². The molecule has 0 saturated heterocycles. The molecule has 1 amide bonds. The second-order valence-electron chi connectivity index (χ2n) is 8.47. The quantitative estimate of drug-likeness (QED) is 0.516. The second kappa shape index (κ2) is 10.8. The Morgan fingerprint density at radius 3 is 2.47 bits per heavy atom. The van der Waals surface area contributed by atoms with Crippen molar-refractivity contribution in [2.45, 2.75) is 39.5 Å². The van der Waals surface area contributed by atoms with Gasteiger partial charge in [0.1, 0.15) is 0 Å². The smallest absolute Gasteiger partial charge is 0.253 e. The van der Waals surface area contributed by atoms with E-state index in [2.05, 4.69) is 68.7 Å². The molecule has 2 aromatic rings. The van der Waals surface area contributed by atoms with Crippen molar-refractivity contribution in [2.24, 2.45) is 4.99 Å². The van der Waals surface area contributed by atoms with Crippen molar-refractivity contribution in [1.82, 2.24) is 15.5 Å². The van der Waals surface area contributed by atoms with Crippen LogP contribution in [0.15, 0.2) is 53.5 Å². The third-order valence-electron chi connectivity index (χ3n) is 5.14. The normalized spacial score (nSPS) is 11.9. The van der Waals surface area contributed by atoms with E-state index in [0.717, 1.165) is 36.6 Å². The molecule has 0 aromatic heterocycles. The monoisotopic (exact) mass is 408 g/mol. The molecule has 2 aromatic carbocycles. The van der Waals surface area contributed by atoms with Gasteiger partial charge in [-0.05, 0) is 49.1 Å². The van der Waals surface area contributed by atoms with E-state index in [1.54, 1.807) is 19.0 Å². The van der Waals surface area contributed by atoms with Gasteiger partial charge in [0, 0.05) is 38.2 Å². The van der Waals surface area contributed by atoms with Crippen LogP contribution in [0.1, 0.15) is 47.8 Å². The fourth-order valence-electron chi connectivity index (χ4n) is 3.48. The second-order valence-corrected chi connectivity index (χ2v) is 8.47. The van der Waals surface area contributed by atoms with Crippen LogP contribution in [0.2, 0.25) is 0 Å². The average Bonchev–Trinajstić information content (AvgIpc) is 2.72. The predicted molar refractivity (Wildman–Crippen MR) is 126 cm³/mol. The van der Waals surface area contributed by atoms with E-state index < -0.39 is 0 Å². The van der Waals surface area contributed by atoms with Gasteiger partial charge in [0.2, 0.25) is 0 Å². The van der Waals surface area contributed by atoms with Crippen LogP contribution in [0.5, 0.6) is 0 Å². The van der Waals surface area contributed by atoms with Gasteiger partial charge in [-0.15, -0.1) is 0 Å². The highest BCUT2D eigenvalue weighted by atomic mass is 16.2. The summed E-state index contributed by atoms with van der Waals surface area (Å²) in [5.74, 6) is 0.845. The molecule has 162 valence electrons. The lowest BCUT2D eigenvalue weighted by molar-refractivity contribution is 0.0827. The summed E-state index contributed by atoms with van der Waals surface area (Å²) in [6.07, 6.45) is 0.820. The van der Waals surface area contributed by atoms with Gasteiger partial charge in [0.15, 0.2) is 5.96 Å². The van der Waals surface area contributed by atoms with Gasteiger partial charge in [-0.1, -0.05) is 50.2 Å². The summed E-state index contributed by atoms with van der Waals surface area (Å²) in [6.45, 7) is 10.9. The third kappa shape index (κ3) is 6.61. The summed E-state index contributed by atoms with van der Waals surface area (Å²) >= 11 is 0. The molecule has 5 heteroatoms. The Hall–Kier alpha value is -2.82.